The second-order valence-electron chi connectivity index (χ2n) is 10.0. The van der Waals surface area contributed by atoms with Crippen LogP contribution in [0.2, 0.25) is 10.0 Å². The maximum absolute atomic E-state index is 10.1. The number of benzene rings is 2. The van der Waals surface area contributed by atoms with E-state index in [0.717, 1.165) is 66.8 Å². The van der Waals surface area contributed by atoms with Gasteiger partial charge >= 0.3 is 0 Å². The number of aryl methyl sites for hydroxylation is 2. The van der Waals surface area contributed by atoms with Gasteiger partial charge in [-0.15, -0.1) is 11.6 Å². The maximum Gasteiger partial charge on any atom is 0.0895 e. The molecule has 4 aromatic heterocycles. The summed E-state index contributed by atoms with van der Waals surface area (Å²) in [5.74, 6) is 0. The summed E-state index contributed by atoms with van der Waals surface area (Å²) in [5.41, 5.74) is 8.58. The van der Waals surface area contributed by atoms with Crippen molar-refractivity contribution in [3.8, 4) is 22.5 Å². The number of nitrogens with zero attached hydrogens (tertiary/aromatic N) is 4. The van der Waals surface area contributed by atoms with Crippen molar-refractivity contribution in [3.63, 3.8) is 0 Å². The van der Waals surface area contributed by atoms with Gasteiger partial charge in [0.15, 0.2) is 0 Å². The van der Waals surface area contributed by atoms with Crippen LogP contribution in [0.15, 0.2) is 85.2 Å². The quantitative estimate of drug-likeness (QED) is 0.196. The van der Waals surface area contributed by atoms with Crippen molar-refractivity contribution in [1.29, 1.82) is 0 Å². The van der Waals surface area contributed by atoms with Gasteiger partial charge in [0.25, 0.3) is 0 Å². The third-order valence-electron chi connectivity index (χ3n) is 7.05. The van der Waals surface area contributed by atoms with Gasteiger partial charge in [0.1, 0.15) is 0 Å². The van der Waals surface area contributed by atoms with Gasteiger partial charge in [-0.3, -0.25) is 9.97 Å². The third-order valence-corrected chi connectivity index (χ3v) is 7.90. The number of alkyl halides is 1. The average molecular weight is 632 g/mol. The van der Waals surface area contributed by atoms with E-state index in [2.05, 4.69) is 16.0 Å². The van der Waals surface area contributed by atoms with Crippen molar-refractivity contribution in [2.24, 2.45) is 0 Å². The van der Waals surface area contributed by atoms with E-state index in [0.29, 0.717) is 10.0 Å². The van der Waals surface area contributed by atoms with Crippen LogP contribution in [0.25, 0.3) is 44.3 Å². The van der Waals surface area contributed by atoms with Gasteiger partial charge in [-0.1, -0.05) is 54.9 Å². The van der Waals surface area contributed by atoms with Crippen LogP contribution in [0.5, 0.6) is 0 Å². The summed E-state index contributed by atoms with van der Waals surface area (Å²) < 4.78 is 0. The highest BCUT2D eigenvalue weighted by Gasteiger charge is 2.17. The standard InChI is InChI=1S/C17H14Cl2N2.C17H15ClN2O.CH4/c1-10(18)14-9-12-5-3-7-15(19)16(12)21-17(14)13-6-4-8-20-11(13)2;1-10-13(6-4-8-19-10)17-14(11(2)21)9-12-5-3-7-15(18)16(12)20-17;/h3-10H,1-2H3;3-9,11,21H,1-2H3;1H4. The molecule has 0 fully saturated rings. The van der Waals surface area contributed by atoms with Crippen LogP contribution in [-0.2, 0) is 0 Å². The van der Waals surface area contributed by atoms with E-state index in [1.807, 2.05) is 87.5 Å². The number of para-hydroxylation sites is 2. The zero-order valence-corrected chi connectivity index (χ0v) is 25.9. The molecule has 0 aliphatic carbocycles. The molecule has 4 heterocycles. The second-order valence-corrected chi connectivity index (χ2v) is 11.5. The van der Waals surface area contributed by atoms with Crippen LogP contribution in [0.1, 0.15) is 55.3 Å². The third kappa shape index (κ3) is 6.81. The number of halogens is 3. The first-order valence-corrected chi connectivity index (χ1v) is 14.7. The molecule has 2 aromatic carbocycles. The molecule has 2 unspecified atom stereocenters. The molecule has 1 N–H and O–H groups in total. The topological polar surface area (TPSA) is 71.8 Å². The molecule has 0 saturated heterocycles. The summed E-state index contributed by atoms with van der Waals surface area (Å²) in [7, 11) is 0. The number of aliphatic hydroxyl groups excluding tert-OH is 1. The van der Waals surface area contributed by atoms with Gasteiger partial charge in [0.05, 0.1) is 43.9 Å². The molecule has 8 heteroatoms. The molecule has 2 atom stereocenters. The minimum atomic E-state index is -0.615. The van der Waals surface area contributed by atoms with Gasteiger partial charge in [0.2, 0.25) is 0 Å². The highest BCUT2D eigenvalue weighted by molar-refractivity contribution is 6.35. The van der Waals surface area contributed by atoms with E-state index < -0.39 is 6.10 Å². The van der Waals surface area contributed by atoms with Crippen LogP contribution in [0.3, 0.4) is 0 Å². The largest absolute Gasteiger partial charge is 0.389 e. The monoisotopic (exact) mass is 630 g/mol. The van der Waals surface area contributed by atoms with Crippen LogP contribution in [0, 0.1) is 13.8 Å². The Bertz CT molecular complexity index is 1770. The van der Waals surface area contributed by atoms with Crippen molar-refractivity contribution in [2.75, 3.05) is 0 Å². The number of hydrogen-bond donors (Lipinski definition) is 1. The summed E-state index contributed by atoms with van der Waals surface area (Å²) in [5, 5.41) is 13.1. The number of aliphatic hydroxyl groups is 1. The van der Waals surface area contributed by atoms with Gasteiger partial charge in [-0.05, 0) is 81.8 Å². The Morgan fingerprint density at radius 3 is 1.51 bits per heavy atom. The van der Waals surface area contributed by atoms with Crippen molar-refractivity contribution in [1.82, 2.24) is 19.9 Å². The Morgan fingerprint density at radius 1 is 0.651 bits per heavy atom. The molecule has 6 rings (SSSR count). The zero-order valence-electron chi connectivity index (χ0n) is 23.6. The molecule has 43 heavy (non-hydrogen) atoms. The van der Waals surface area contributed by atoms with Crippen molar-refractivity contribution in [3.05, 3.63) is 118 Å². The lowest BCUT2D eigenvalue weighted by Crippen LogP contribution is -2.00. The van der Waals surface area contributed by atoms with E-state index in [1.165, 1.54) is 0 Å². The van der Waals surface area contributed by atoms with Crippen molar-refractivity contribution >= 4 is 56.6 Å². The molecule has 5 nitrogen and oxygen atoms in total. The fourth-order valence-corrected chi connectivity index (χ4v) is 5.49. The first-order valence-electron chi connectivity index (χ1n) is 13.5. The van der Waals surface area contributed by atoms with Crippen LogP contribution >= 0.6 is 34.8 Å². The highest BCUT2D eigenvalue weighted by Crippen LogP contribution is 2.36. The molecule has 0 spiro atoms. The predicted molar refractivity (Wildman–Crippen MR) is 181 cm³/mol. The molecule has 0 aliphatic heterocycles. The molecule has 0 aliphatic rings. The molecule has 6 aromatic rings. The summed E-state index contributed by atoms with van der Waals surface area (Å²) in [4.78, 5) is 18.1. The van der Waals surface area contributed by atoms with Gasteiger partial charge in [-0.25, -0.2) is 9.97 Å². The first-order chi connectivity index (χ1) is 20.2. The summed E-state index contributed by atoms with van der Waals surface area (Å²) in [6.07, 6.45) is 2.90. The van der Waals surface area contributed by atoms with Crippen LogP contribution in [0.4, 0.5) is 0 Å². The fourth-order valence-electron chi connectivity index (χ4n) is 4.88. The predicted octanol–water partition coefficient (Wildman–Crippen LogP) is 10.5. The number of pyridine rings is 4. The van der Waals surface area contributed by atoms with Crippen LogP contribution in [-0.4, -0.2) is 25.0 Å². The lowest BCUT2D eigenvalue weighted by Gasteiger charge is -2.14. The number of rotatable bonds is 4. The molecule has 0 bridgehead atoms. The molecular weight excluding hydrogens is 599 g/mol. The molecule has 0 amide bonds. The van der Waals surface area contributed by atoms with Crippen molar-refractivity contribution < 1.29 is 5.11 Å². The Balaban J connectivity index is 0.000000192. The van der Waals surface area contributed by atoms with Crippen LogP contribution < -0.4 is 0 Å². The fraction of sp³-hybridized carbons (Fsp3) is 0.200. The van der Waals surface area contributed by atoms with E-state index in [1.54, 1.807) is 19.3 Å². The van der Waals surface area contributed by atoms with E-state index in [-0.39, 0.29) is 12.8 Å². The summed E-state index contributed by atoms with van der Waals surface area (Å²) >= 11 is 18.9. The Kier molecular flexibility index (Phi) is 10.4. The summed E-state index contributed by atoms with van der Waals surface area (Å²) in [6, 6.07) is 23.2. The average Bonchev–Trinajstić information content (AvgIpc) is 2.97. The number of aromatic nitrogens is 4. The SMILES string of the molecule is C.Cc1ncccc1-c1nc2c(Cl)cccc2cc1C(C)Cl.Cc1ncccc1-c1nc2c(Cl)cccc2cc1C(C)O. The van der Waals surface area contributed by atoms with E-state index in [4.69, 9.17) is 44.8 Å². The number of fused-ring (bicyclic) bond motifs is 2. The molecular formula is C35H33Cl3N4O. The van der Waals surface area contributed by atoms with Gasteiger partial charge in [-0.2, -0.15) is 0 Å². The van der Waals surface area contributed by atoms with E-state index >= 15 is 0 Å². The maximum atomic E-state index is 10.1. The Hall–Kier alpha value is -3.61. The second kappa shape index (κ2) is 13.8. The lowest BCUT2D eigenvalue weighted by molar-refractivity contribution is 0.199. The van der Waals surface area contributed by atoms with Gasteiger partial charge in [0, 0.05) is 51.2 Å². The Morgan fingerprint density at radius 2 is 1.09 bits per heavy atom. The van der Waals surface area contributed by atoms with Crippen molar-refractivity contribution in [2.45, 2.75) is 46.6 Å². The lowest BCUT2D eigenvalue weighted by atomic mass is 9.99. The minimum absolute atomic E-state index is 0. The summed E-state index contributed by atoms with van der Waals surface area (Å²) in [6.45, 7) is 7.59. The highest BCUT2D eigenvalue weighted by atomic mass is 35.5. The normalized spacial score (nSPS) is 12.3. The molecule has 220 valence electrons. The molecule has 0 saturated carbocycles. The van der Waals surface area contributed by atoms with E-state index in [9.17, 15) is 5.11 Å². The number of hydrogen-bond acceptors (Lipinski definition) is 5. The first kappa shape index (κ1) is 32.3. The zero-order chi connectivity index (χ0) is 30.0. The Labute approximate surface area is 267 Å². The van der Waals surface area contributed by atoms with Gasteiger partial charge < -0.3 is 5.11 Å². The molecule has 0 radical (unpaired) electrons. The smallest absolute Gasteiger partial charge is 0.0895 e. The minimum Gasteiger partial charge on any atom is -0.389 e.